The predicted octanol–water partition coefficient (Wildman–Crippen LogP) is 6.44. The monoisotopic (exact) mass is 528 g/mol. The molecule has 0 radical (unpaired) electrons. The molecule has 3 rings (SSSR count). The number of hydrogen-bond acceptors (Lipinski definition) is 6. The summed E-state index contributed by atoms with van der Waals surface area (Å²) >= 11 is 1.55. The number of rotatable bonds is 9. The van der Waals surface area contributed by atoms with Crippen molar-refractivity contribution in [2.45, 2.75) is 39.2 Å². The van der Waals surface area contributed by atoms with Gasteiger partial charge in [0, 0.05) is 28.6 Å². The highest BCUT2D eigenvalue weighted by molar-refractivity contribution is 7.37. The molecule has 0 aliphatic heterocycles. The van der Waals surface area contributed by atoms with Gasteiger partial charge in [-0.1, -0.05) is 24.3 Å². The van der Waals surface area contributed by atoms with Crippen molar-refractivity contribution in [3.63, 3.8) is 0 Å². The molecule has 0 fully saturated rings. The molecule has 8 nitrogen and oxygen atoms in total. The quantitative estimate of drug-likeness (QED) is 0.217. The Balaban J connectivity index is 1.78. The topological polar surface area (TPSA) is 122 Å². The third-order valence-corrected chi connectivity index (χ3v) is 6.67. The van der Waals surface area contributed by atoms with Gasteiger partial charge in [0.05, 0.1) is 11.4 Å². The van der Waals surface area contributed by atoms with Crippen molar-refractivity contribution >= 4 is 48.5 Å². The molecule has 1 aromatic heterocycles. The first-order chi connectivity index (χ1) is 17.0. The summed E-state index contributed by atoms with van der Waals surface area (Å²) in [5.74, 6) is -0.568. The fourth-order valence-electron chi connectivity index (χ4n) is 3.31. The van der Waals surface area contributed by atoms with Crippen LogP contribution in [0.1, 0.15) is 54.3 Å². The standard InChI is InChI=1S/C26H29N2O6PS/c1-26(2,3)34-25(31)28-20-13-12-19(23-7-5-15-36-23)16-21(20)27-24(30)18-10-8-17(9-11-18)22(29)6-4-14-35(32)33/h5,7-13,15-16,35H,4,6,14H2,1-3H3,(H,27,30)(H,28,31)(H,32,33). The number of anilines is 2. The second-order valence-corrected chi connectivity index (χ2v) is 11.3. The lowest BCUT2D eigenvalue weighted by Gasteiger charge is -2.21. The molecule has 190 valence electrons. The number of benzene rings is 2. The lowest BCUT2D eigenvalue weighted by molar-refractivity contribution is 0.0635. The Kier molecular flexibility index (Phi) is 9.20. The molecule has 1 heterocycles. The average Bonchev–Trinajstić information content (AvgIpc) is 3.34. The maximum absolute atomic E-state index is 13.0. The Morgan fingerprint density at radius 2 is 1.67 bits per heavy atom. The minimum Gasteiger partial charge on any atom is -0.444 e. The number of ketones is 1. The fraction of sp³-hybridized carbons (Fsp3) is 0.269. The Bertz CT molecular complexity index is 1250. The summed E-state index contributed by atoms with van der Waals surface area (Å²) in [7, 11) is -2.58. The summed E-state index contributed by atoms with van der Waals surface area (Å²) < 4.78 is 16.2. The fourth-order valence-corrected chi connectivity index (χ4v) is 4.52. The summed E-state index contributed by atoms with van der Waals surface area (Å²) in [5.41, 5.74) is 1.73. The van der Waals surface area contributed by atoms with Gasteiger partial charge < -0.3 is 14.9 Å². The van der Waals surface area contributed by atoms with Gasteiger partial charge in [0.1, 0.15) is 5.60 Å². The van der Waals surface area contributed by atoms with Crippen molar-refractivity contribution in [1.29, 1.82) is 0 Å². The van der Waals surface area contributed by atoms with Gasteiger partial charge >= 0.3 is 6.09 Å². The maximum atomic E-state index is 13.0. The third kappa shape index (κ3) is 8.16. The summed E-state index contributed by atoms with van der Waals surface area (Å²) in [6.45, 7) is 5.29. The van der Waals surface area contributed by atoms with E-state index in [0.717, 1.165) is 10.4 Å². The number of carbonyl (C=O) groups is 3. The van der Waals surface area contributed by atoms with Gasteiger partial charge in [-0.25, -0.2) is 4.79 Å². The molecule has 1 atom stereocenters. The molecule has 2 amide bonds. The highest BCUT2D eigenvalue weighted by Gasteiger charge is 2.19. The van der Waals surface area contributed by atoms with Gasteiger partial charge in [0.2, 0.25) is 0 Å². The van der Waals surface area contributed by atoms with Crippen molar-refractivity contribution < 1.29 is 28.6 Å². The SMILES string of the molecule is CC(C)(C)OC(=O)Nc1ccc(-c2cccs2)cc1NC(=O)c1ccc(C(=O)CCC[PH](=O)O)cc1. The molecular formula is C26H29N2O6PS. The van der Waals surface area contributed by atoms with Crippen LogP contribution in [-0.4, -0.2) is 34.4 Å². The van der Waals surface area contributed by atoms with Gasteiger partial charge in [-0.05, 0) is 68.5 Å². The molecular weight excluding hydrogens is 499 g/mol. The number of hydrogen-bond donors (Lipinski definition) is 3. The summed E-state index contributed by atoms with van der Waals surface area (Å²) in [5, 5.41) is 7.49. The normalized spacial score (nSPS) is 12.0. The molecule has 36 heavy (non-hydrogen) atoms. The Morgan fingerprint density at radius 1 is 0.972 bits per heavy atom. The Labute approximate surface area is 214 Å². The first kappa shape index (κ1) is 27.3. The van der Waals surface area contributed by atoms with E-state index in [1.54, 1.807) is 68.5 Å². The second kappa shape index (κ2) is 12.1. The van der Waals surface area contributed by atoms with E-state index in [0.29, 0.717) is 28.9 Å². The van der Waals surface area contributed by atoms with Crippen LogP contribution in [-0.2, 0) is 9.30 Å². The number of thiophene rings is 1. The molecule has 3 N–H and O–H groups in total. The zero-order valence-electron chi connectivity index (χ0n) is 20.3. The van der Waals surface area contributed by atoms with Crippen LogP contribution in [0.25, 0.3) is 10.4 Å². The first-order valence-electron chi connectivity index (χ1n) is 11.4. The van der Waals surface area contributed by atoms with Gasteiger partial charge in [0.15, 0.2) is 13.8 Å². The molecule has 0 aliphatic carbocycles. The van der Waals surface area contributed by atoms with Crippen LogP contribution >= 0.6 is 19.4 Å². The molecule has 1 unspecified atom stereocenters. The number of ether oxygens (including phenoxy) is 1. The van der Waals surface area contributed by atoms with E-state index in [1.165, 1.54) is 0 Å². The van der Waals surface area contributed by atoms with Crippen LogP contribution in [0.3, 0.4) is 0 Å². The predicted molar refractivity (Wildman–Crippen MR) is 144 cm³/mol. The van der Waals surface area contributed by atoms with E-state index in [4.69, 9.17) is 9.63 Å². The molecule has 0 aliphatic rings. The Morgan fingerprint density at radius 3 is 2.28 bits per heavy atom. The van der Waals surface area contributed by atoms with Crippen molar-refractivity contribution in [2.75, 3.05) is 16.8 Å². The van der Waals surface area contributed by atoms with Gasteiger partial charge in [-0.3, -0.25) is 19.5 Å². The van der Waals surface area contributed by atoms with Crippen LogP contribution in [0.2, 0.25) is 0 Å². The molecule has 10 heteroatoms. The van der Waals surface area contributed by atoms with E-state index in [1.807, 2.05) is 23.6 Å². The van der Waals surface area contributed by atoms with Gasteiger partial charge in [0.25, 0.3) is 5.91 Å². The average molecular weight is 529 g/mol. The van der Waals surface area contributed by atoms with Crippen LogP contribution in [0, 0.1) is 0 Å². The smallest absolute Gasteiger partial charge is 0.412 e. The van der Waals surface area contributed by atoms with Gasteiger partial charge in [-0.15, -0.1) is 11.3 Å². The van der Waals surface area contributed by atoms with E-state index < -0.39 is 25.6 Å². The minimum atomic E-state index is -2.58. The van der Waals surface area contributed by atoms with Crippen molar-refractivity contribution in [2.24, 2.45) is 0 Å². The van der Waals surface area contributed by atoms with E-state index in [-0.39, 0.29) is 18.4 Å². The lowest BCUT2D eigenvalue weighted by atomic mass is 10.0. The highest BCUT2D eigenvalue weighted by atomic mass is 32.1. The van der Waals surface area contributed by atoms with Crippen LogP contribution in [0.5, 0.6) is 0 Å². The molecule has 0 saturated heterocycles. The number of Topliss-reactive ketones (excluding diaryl/α,β-unsaturated/α-hetero) is 1. The number of nitrogens with one attached hydrogen (secondary N) is 2. The van der Waals surface area contributed by atoms with Crippen molar-refractivity contribution in [3.8, 4) is 10.4 Å². The van der Waals surface area contributed by atoms with Crippen LogP contribution in [0.15, 0.2) is 60.0 Å². The third-order valence-electron chi connectivity index (χ3n) is 4.97. The number of amides is 2. The van der Waals surface area contributed by atoms with Gasteiger partial charge in [-0.2, -0.15) is 0 Å². The lowest BCUT2D eigenvalue weighted by Crippen LogP contribution is -2.27. The second-order valence-electron chi connectivity index (χ2n) is 9.07. The maximum Gasteiger partial charge on any atom is 0.412 e. The summed E-state index contributed by atoms with van der Waals surface area (Å²) in [6, 6.07) is 15.4. The largest absolute Gasteiger partial charge is 0.444 e. The minimum absolute atomic E-state index is 0.112. The van der Waals surface area contributed by atoms with Crippen molar-refractivity contribution in [3.05, 3.63) is 71.1 Å². The molecule has 0 bridgehead atoms. The number of carbonyl (C=O) groups excluding carboxylic acids is 3. The summed E-state index contributed by atoms with van der Waals surface area (Å²) in [4.78, 5) is 47.5. The summed E-state index contributed by atoms with van der Waals surface area (Å²) in [6.07, 6.45) is -0.0291. The van der Waals surface area contributed by atoms with Crippen LogP contribution < -0.4 is 10.6 Å². The highest BCUT2D eigenvalue weighted by Crippen LogP contribution is 2.32. The van der Waals surface area contributed by atoms with Crippen molar-refractivity contribution in [1.82, 2.24) is 0 Å². The first-order valence-corrected chi connectivity index (χ1v) is 13.8. The van der Waals surface area contributed by atoms with E-state index >= 15 is 0 Å². The molecule has 0 saturated carbocycles. The molecule has 0 spiro atoms. The zero-order chi connectivity index (χ0) is 26.3. The zero-order valence-corrected chi connectivity index (χ0v) is 22.1. The van der Waals surface area contributed by atoms with Crippen LogP contribution in [0.4, 0.5) is 16.2 Å². The van der Waals surface area contributed by atoms with E-state index in [9.17, 15) is 18.9 Å². The molecule has 2 aromatic carbocycles. The van der Waals surface area contributed by atoms with E-state index in [2.05, 4.69) is 10.6 Å². The molecule has 3 aromatic rings. The Hall–Kier alpha value is -3.26.